The fourth-order valence-electron chi connectivity index (χ4n) is 3.56. The van der Waals surface area contributed by atoms with E-state index in [1.807, 2.05) is 44.2 Å². The molecule has 154 valence electrons. The first kappa shape index (κ1) is 21.7. The van der Waals surface area contributed by atoms with E-state index in [0.29, 0.717) is 0 Å². The summed E-state index contributed by atoms with van der Waals surface area (Å²) in [4.78, 5) is 36.8. The molecule has 2 rings (SSSR count). The highest BCUT2D eigenvalue weighted by molar-refractivity contribution is 5.91. The number of nitrogens with two attached hydrogens (primary N) is 1. The van der Waals surface area contributed by atoms with Crippen LogP contribution in [-0.4, -0.2) is 30.0 Å². The summed E-state index contributed by atoms with van der Waals surface area (Å²) >= 11 is 0. The zero-order valence-corrected chi connectivity index (χ0v) is 16.6. The molecule has 0 unspecified atom stereocenters. The SMILES string of the molecule is CC(C)[C@@H](NC(=O)OCc1ccccc1)C(=O)N[C@@H](C(N)=O)C1CCCCC1. The Hall–Kier alpha value is -2.57. The lowest BCUT2D eigenvalue weighted by molar-refractivity contribution is -0.130. The van der Waals surface area contributed by atoms with Gasteiger partial charge in [0.1, 0.15) is 18.7 Å². The summed E-state index contributed by atoms with van der Waals surface area (Å²) < 4.78 is 5.21. The van der Waals surface area contributed by atoms with Gasteiger partial charge in [-0.1, -0.05) is 63.4 Å². The number of carbonyl (C=O) groups is 3. The van der Waals surface area contributed by atoms with Gasteiger partial charge in [-0.15, -0.1) is 0 Å². The minimum atomic E-state index is -0.811. The van der Waals surface area contributed by atoms with Crippen LogP contribution in [0.3, 0.4) is 0 Å². The van der Waals surface area contributed by atoms with E-state index >= 15 is 0 Å². The van der Waals surface area contributed by atoms with Crippen LogP contribution in [0.1, 0.15) is 51.5 Å². The molecule has 1 saturated carbocycles. The number of nitrogens with one attached hydrogen (secondary N) is 2. The van der Waals surface area contributed by atoms with Crippen LogP contribution in [0.2, 0.25) is 0 Å². The number of hydrogen-bond donors (Lipinski definition) is 3. The van der Waals surface area contributed by atoms with Crippen molar-refractivity contribution in [3.05, 3.63) is 35.9 Å². The Labute approximate surface area is 166 Å². The first-order chi connectivity index (χ1) is 13.4. The molecule has 3 amide bonds. The van der Waals surface area contributed by atoms with Gasteiger partial charge in [0.05, 0.1) is 0 Å². The monoisotopic (exact) mass is 389 g/mol. The fourth-order valence-corrected chi connectivity index (χ4v) is 3.56. The summed E-state index contributed by atoms with van der Waals surface area (Å²) in [5, 5.41) is 5.37. The van der Waals surface area contributed by atoms with Gasteiger partial charge in [0.25, 0.3) is 0 Å². The summed E-state index contributed by atoms with van der Waals surface area (Å²) in [6, 6.07) is 7.77. The van der Waals surface area contributed by atoms with Gasteiger partial charge in [-0.05, 0) is 30.2 Å². The Balaban J connectivity index is 1.94. The Morgan fingerprint density at radius 2 is 1.71 bits per heavy atom. The lowest BCUT2D eigenvalue weighted by Crippen LogP contribution is -2.57. The maximum absolute atomic E-state index is 12.8. The minimum Gasteiger partial charge on any atom is -0.445 e. The molecule has 0 bridgehead atoms. The molecule has 0 saturated heterocycles. The standard InChI is InChI=1S/C21H31N3O4/c1-14(2)17(24-21(27)28-13-15-9-5-3-6-10-15)20(26)23-18(19(22)25)16-11-7-4-8-12-16/h3,5-6,9-10,14,16-18H,4,7-8,11-13H2,1-2H3,(H2,22,25)(H,23,26)(H,24,27)/t17-,18-/m1/s1. The second-order valence-corrected chi connectivity index (χ2v) is 7.71. The van der Waals surface area contributed by atoms with Crippen molar-refractivity contribution >= 4 is 17.9 Å². The zero-order chi connectivity index (χ0) is 20.5. The lowest BCUT2D eigenvalue weighted by atomic mass is 9.83. The van der Waals surface area contributed by atoms with Crippen LogP contribution in [0, 0.1) is 11.8 Å². The molecule has 4 N–H and O–H groups in total. The van der Waals surface area contributed by atoms with E-state index in [1.54, 1.807) is 0 Å². The molecule has 0 radical (unpaired) electrons. The molecule has 0 heterocycles. The van der Waals surface area contributed by atoms with Gasteiger partial charge in [0.2, 0.25) is 11.8 Å². The molecule has 0 aliphatic heterocycles. The molecule has 1 aliphatic rings. The van der Waals surface area contributed by atoms with Crippen molar-refractivity contribution < 1.29 is 19.1 Å². The summed E-state index contributed by atoms with van der Waals surface area (Å²) in [7, 11) is 0. The number of hydrogen-bond acceptors (Lipinski definition) is 4. The van der Waals surface area contributed by atoms with Gasteiger partial charge in [-0.25, -0.2) is 4.79 Å². The van der Waals surface area contributed by atoms with Gasteiger partial charge in [-0.2, -0.15) is 0 Å². The number of alkyl carbamates (subject to hydrolysis) is 1. The maximum Gasteiger partial charge on any atom is 0.408 e. The van der Waals surface area contributed by atoms with Crippen molar-refractivity contribution in [3.63, 3.8) is 0 Å². The van der Waals surface area contributed by atoms with Crippen molar-refractivity contribution in [3.8, 4) is 0 Å². The molecule has 0 spiro atoms. The number of carbonyl (C=O) groups excluding carboxylic acids is 3. The van der Waals surface area contributed by atoms with E-state index in [0.717, 1.165) is 37.7 Å². The van der Waals surface area contributed by atoms with Crippen molar-refractivity contribution in [2.24, 2.45) is 17.6 Å². The van der Waals surface area contributed by atoms with E-state index in [9.17, 15) is 14.4 Å². The number of ether oxygens (including phenoxy) is 1. The van der Waals surface area contributed by atoms with Crippen LogP contribution in [-0.2, 0) is 20.9 Å². The highest BCUT2D eigenvalue weighted by atomic mass is 16.5. The summed E-state index contributed by atoms with van der Waals surface area (Å²) in [6.45, 7) is 3.76. The average molecular weight is 389 g/mol. The highest BCUT2D eigenvalue weighted by Crippen LogP contribution is 2.26. The summed E-state index contributed by atoms with van der Waals surface area (Å²) in [5.41, 5.74) is 6.40. The van der Waals surface area contributed by atoms with Gasteiger partial charge in [0, 0.05) is 0 Å². The zero-order valence-electron chi connectivity index (χ0n) is 16.6. The maximum atomic E-state index is 12.8. The van der Waals surface area contributed by atoms with Crippen LogP contribution in [0.5, 0.6) is 0 Å². The van der Waals surface area contributed by atoms with Crippen LogP contribution >= 0.6 is 0 Å². The molecule has 2 atom stereocenters. The second kappa shape index (κ2) is 10.7. The molecular weight excluding hydrogens is 358 g/mol. The summed E-state index contributed by atoms with van der Waals surface area (Å²) in [6.07, 6.45) is 4.26. The average Bonchev–Trinajstić information content (AvgIpc) is 2.69. The summed E-state index contributed by atoms with van der Waals surface area (Å²) in [5.74, 6) is -1.08. The molecule has 1 fully saturated rings. The Kier molecular flexibility index (Phi) is 8.29. The fraction of sp³-hybridized carbons (Fsp3) is 0.571. The van der Waals surface area contributed by atoms with Gasteiger partial charge >= 0.3 is 6.09 Å². The van der Waals surface area contributed by atoms with Crippen molar-refractivity contribution in [1.82, 2.24) is 10.6 Å². The lowest BCUT2D eigenvalue weighted by Gasteiger charge is -2.30. The van der Waals surface area contributed by atoms with E-state index < -0.39 is 30.0 Å². The van der Waals surface area contributed by atoms with Crippen LogP contribution in [0.15, 0.2) is 30.3 Å². The normalized spacial score (nSPS) is 16.8. The molecule has 7 heteroatoms. The number of benzene rings is 1. The van der Waals surface area contributed by atoms with Crippen molar-refractivity contribution in [2.75, 3.05) is 0 Å². The number of rotatable bonds is 8. The second-order valence-electron chi connectivity index (χ2n) is 7.71. The number of amides is 3. The number of primary amides is 1. The molecule has 1 aromatic rings. The smallest absolute Gasteiger partial charge is 0.408 e. The molecular formula is C21H31N3O4. The third kappa shape index (κ3) is 6.55. The molecule has 1 aromatic carbocycles. The van der Waals surface area contributed by atoms with E-state index in [4.69, 9.17) is 10.5 Å². The van der Waals surface area contributed by atoms with Gasteiger partial charge in [0.15, 0.2) is 0 Å². The Morgan fingerprint density at radius 1 is 1.07 bits per heavy atom. The molecule has 28 heavy (non-hydrogen) atoms. The predicted octanol–water partition coefficient (Wildman–Crippen LogP) is 2.49. The predicted molar refractivity (Wildman–Crippen MR) is 106 cm³/mol. The molecule has 7 nitrogen and oxygen atoms in total. The molecule has 0 aromatic heterocycles. The van der Waals surface area contributed by atoms with E-state index in [-0.39, 0.29) is 18.4 Å². The first-order valence-corrected chi connectivity index (χ1v) is 9.95. The Morgan fingerprint density at radius 3 is 2.29 bits per heavy atom. The van der Waals surface area contributed by atoms with Crippen LogP contribution in [0.4, 0.5) is 4.79 Å². The van der Waals surface area contributed by atoms with Gasteiger partial charge < -0.3 is 21.1 Å². The topological polar surface area (TPSA) is 111 Å². The first-order valence-electron chi connectivity index (χ1n) is 9.95. The van der Waals surface area contributed by atoms with Crippen molar-refractivity contribution in [1.29, 1.82) is 0 Å². The van der Waals surface area contributed by atoms with Crippen LogP contribution < -0.4 is 16.4 Å². The van der Waals surface area contributed by atoms with Crippen LogP contribution in [0.25, 0.3) is 0 Å². The minimum absolute atomic E-state index is 0.0491. The largest absolute Gasteiger partial charge is 0.445 e. The third-order valence-electron chi connectivity index (χ3n) is 5.16. The van der Waals surface area contributed by atoms with Crippen molar-refractivity contribution in [2.45, 2.75) is 64.6 Å². The van der Waals surface area contributed by atoms with Gasteiger partial charge in [-0.3, -0.25) is 9.59 Å². The van der Waals surface area contributed by atoms with E-state index in [2.05, 4.69) is 10.6 Å². The Bertz CT molecular complexity index is 657. The quantitative estimate of drug-likeness (QED) is 0.634. The molecule has 1 aliphatic carbocycles. The highest BCUT2D eigenvalue weighted by Gasteiger charge is 2.33. The van der Waals surface area contributed by atoms with E-state index in [1.165, 1.54) is 0 Å². The third-order valence-corrected chi connectivity index (χ3v) is 5.16.